The number of aliphatic hydroxyl groups is 1. The van der Waals surface area contributed by atoms with Gasteiger partial charge in [0.25, 0.3) is 0 Å². The molecule has 0 saturated heterocycles. The molecule has 0 atom stereocenters. The number of benzene rings is 1. The molecule has 0 saturated carbocycles. The van der Waals surface area contributed by atoms with E-state index < -0.39 is 0 Å². The van der Waals surface area contributed by atoms with Crippen molar-refractivity contribution in [3.05, 3.63) is 28.8 Å². The first-order chi connectivity index (χ1) is 8.95. The van der Waals surface area contributed by atoms with Crippen LogP contribution < -0.4 is 4.74 Å². The van der Waals surface area contributed by atoms with Crippen LogP contribution >= 0.6 is 0 Å². The number of likely N-dealkylation sites (N-methyl/N-ethyl adjacent to an activating group) is 1. The Morgan fingerprint density at radius 2 is 1.84 bits per heavy atom. The lowest BCUT2D eigenvalue weighted by Gasteiger charge is -2.16. The summed E-state index contributed by atoms with van der Waals surface area (Å²) in [6, 6.07) is 4.09. The van der Waals surface area contributed by atoms with Crippen LogP contribution in [-0.2, 0) is 4.79 Å². The largest absolute Gasteiger partial charge is 0.493 e. The van der Waals surface area contributed by atoms with Crippen molar-refractivity contribution in [2.75, 3.05) is 26.8 Å². The maximum Gasteiger partial charge on any atom is 0.225 e. The Bertz CT molecular complexity index is 443. The number of aryl methyl sites for hydroxylation is 3. The Labute approximate surface area is 115 Å². The smallest absolute Gasteiger partial charge is 0.225 e. The van der Waals surface area contributed by atoms with Crippen molar-refractivity contribution in [3.63, 3.8) is 0 Å². The Hall–Kier alpha value is -1.55. The lowest BCUT2D eigenvalue weighted by Crippen LogP contribution is -2.30. The summed E-state index contributed by atoms with van der Waals surface area (Å²) in [5, 5.41) is 8.76. The summed E-state index contributed by atoms with van der Waals surface area (Å²) in [5.74, 6) is 0.816. The highest BCUT2D eigenvalue weighted by Crippen LogP contribution is 2.22. The van der Waals surface area contributed by atoms with Crippen molar-refractivity contribution in [2.45, 2.75) is 27.2 Å². The van der Waals surface area contributed by atoms with E-state index in [1.165, 1.54) is 16.0 Å². The minimum absolute atomic E-state index is 0.0145. The van der Waals surface area contributed by atoms with Gasteiger partial charge in [-0.05, 0) is 43.5 Å². The third-order valence-electron chi connectivity index (χ3n) is 3.23. The van der Waals surface area contributed by atoms with Crippen molar-refractivity contribution in [1.29, 1.82) is 0 Å². The predicted octanol–water partition coefficient (Wildman–Crippen LogP) is 1.83. The second kappa shape index (κ2) is 7.14. The molecule has 0 spiro atoms. The molecule has 0 aliphatic rings. The van der Waals surface area contributed by atoms with E-state index in [4.69, 9.17) is 9.84 Å². The summed E-state index contributed by atoms with van der Waals surface area (Å²) in [6.45, 7) is 6.82. The van der Waals surface area contributed by atoms with Gasteiger partial charge >= 0.3 is 0 Å². The number of carbonyl (C=O) groups excluding carboxylic acids is 1. The summed E-state index contributed by atoms with van der Waals surface area (Å²) >= 11 is 0. The zero-order chi connectivity index (χ0) is 14.4. The number of carbonyl (C=O) groups is 1. The van der Waals surface area contributed by atoms with Crippen molar-refractivity contribution in [1.82, 2.24) is 4.90 Å². The number of rotatable bonds is 6. The zero-order valence-electron chi connectivity index (χ0n) is 12.2. The van der Waals surface area contributed by atoms with Gasteiger partial charge in [-0.2, -0.15) is 0 Å². The van der Waals surface area contributed by atoms with Crippen molar-refractivity contribution >= 4 is 5.91 Å². The quantitative estimate of drug-likeness (QED) is 0.853. The Morgan fingerprint density at radius 1 is 1.21 bits per heavy atom. The Morgan fingerprint density at radius 3 is 2.47 bits per heavy atom. The highest BCUT2D eigenvalue weighted by molar-refractivity contribution is 5.75. The van der Waals surface area contributed by atoms with Crippen molar-refractivity contribution < 1.29 is 14.6 Å². The third-order valence-corrected chi connectivity index (χ3v) is 3.23. The number of aliphatic hydroxyl groups excluding tert-OH is 1. The fraction of sp³-hybridized carbons (Fsp3) is 0.533. The van der Waals surface area contributed by atoms with Gasteiger partial charge in [0.05, 0.1) is 19.6 Å². The molecular formula is C15H23NO3. The first-order valence-corrected chi connectivity index (χ1v) is 6.51. The molecule has 0 radical (unpaired) electrons. The number of hydrogen-bond acceptors (Lipinski definition) is 3. The zero-order valence-corrected chi connectivity index (χ0v) is 12.2. The van der Waals surface area contributed by atoms with E-state index in [2.05, 4.69) is 13.0 Å². The standard InChI is InChI=1S/C15H23NO3/c1-11-9-13(3)14(10-12(11)2)19-8-5-15(18)16(4)6-7-17/h9-10,17H,5-8H2,1-4H3. The highest BCUT2D eigenvalue weighted by Gasteiger charge is 2.09. The first-order valence-electron chi connectivity index (χ1n) is 6.51. The average Bonchev–Trinajstić information content (AvgIpc) is 2.35. The SMILES string of the molecule is Cc1cc(C)c(OCCC(=O)N(C)CCO)cc1C. The molecule has 1 rings (SSSR count). The third kappa shape index (κ3) is 4.56. The second-order valence-corrected chi connectivity index (χ2v) is 4.84. The van der Waals surface area contributed by atoms with Crippen LogP contribution in [0.25, 0.3) is 0 Å². The van der Waals surface area contributed by atoms with Crippen LogP contribution in [0.15, 0.2) is 12.1 Å². The predicted molar refractivity (Wildman–Crippen MR) is 75.5 cm³/mol. The summed E-state index contributed by atoms with van der Waals surface area (Å²) in [5.41, 5.74) is 3.51. The lowest BCUT2D eigenvalue weighted by molar-refractivity contribution is -0.130. The van der Waals surface area contributed by atoms with E-state index in [9.17, 15) is 4.79 Å². The van der Waals surface area contributed by atoms with E-state index in [0.717, 1.165) is 11.3 Å². The fourth-order valence-electron chi connectivity index (χ4n) is 1.80. The molecule has 0 unspecified atom stereocenters. The van der Waals surface area contributed by atoms with Crippen LogP contribution in [0.2, 0.25) is 0 Å². The van der Waals surface area contributed by atoms with E-state index in [-0.39, 0.29) is 12.5 Å². The van der Waals surface area contributed by atoms with E-state index in [0.29, 0.717) is 19.6 Å². The molecule has 0 aliphatic carbocycles. The summed E-state index contributed by atoms with van der Waals surface area (Å²) < 4.78 is 5.66. The second-order valence-electron chi connectivity index (χ2n) is 4.84. The van der Waals surface area contributed by atoms with Gasteiger partial charge in [-0.15, -0.1) is 0 Å². The molecule has 106 valence electrons. The maximum atomic E-state index is 11.7. The van der Waals surface area contributed by atoms with Gasteiger partial charge in [-0.3, -0.25) is 4.79 Å². The molecule has 0 aliphatic heterocycles. The molecule has 4 nitrogen and oxygen atoms in total. The molecular weight excluding hydrogens is 242 g/mol. The topological polar surface area (TPSA) is 49.8 Å². The first kappa shape index (κ1) is 15.5. The number of nitrogens with zero attached hydrogens (tertiary/aromatic N) is 1. The number of hydrogen-bond donors (Lipinski definition) is 1. The van der Waals surface area contributed by atoms with Gasteiger partial charge in [-0.25, -0.2) is 0 Å². The molecule has 1 aromatic rings. The Balaban J connectivity index is 2.50. The average molecular weight is 265 g/mol. The Kier molecular flexibility index (Phi) is 5.83. The molecule has 0 fully saturated rings. The molecule has 1 N–H and O–H groups in total. The monoisotopic (exact) mass is 265 g/mol. The minimum atomic E-state index is -0.0180. The summed E-state index contributed by atoms with van der Waals surface area (Å²) in [7, 11) is 1.68. The van der Waals surface area contributed by atoms with Crippen LogP contribution in [0.1, 0.15) is 23.1 Å². The van der Waals surface area contributed by atoms with Crippen LogP contribution in [0.3, 0.4) is 0 Å². The van der Waals surface area contributed by atoms with Gasteiger partial charge < -0.3 is 14.7 Å². The van der Waals surface area contributed by atoms with Gasteiger partial charge in [0.15, 0.2) is 0 Å². The van der Waals surface area contributed by atoms with E-state index in [1.54, 1.807) is 7.05 Å². The molecule has 19 heavy (non-hydrogen) atoms. The minimum Gasteiger partial charge on any atom is -0.493 e. The van der Waals surface area contributed by atoms with Gasteiger partial charge in [-0.1, -0.05) is 6.07 Å². The molecule has 0 bridgehead atoms. The van der Waals surface area contributed by atoms with Gasteiger partial charge in [0, 0.05) is 13.6 Å². The molecule has 0 aromatic heterocycles. The lowest BCUT2D eigenvalue weighted by atomic mass is 10.1. The normalized spacial score (nSPS) is 10.4. The number of ether oxygens (including phenoxy) is 1. The van der Waals surface area contributed by atoms with E-state index in [1.807, 2.05) is 19.9 Å². The van der Waals surface area contributed by atoms with E-state index >= 15 is 0 Å². The van der Waals surface area contributed by atoms with Crippen LogP contribution in [0.5, 0.6) is 5.75 Å². The van der Waals surface area contributed by atoms with Crippen molar-refractivity contribution in [3.8, 4) is 5.75 Å². The molecule has 0 heterocycles. The molecule has 4 heteroatoms. The van der Waals surface area contributed by atoms with Crippen molar-refractivity contribution in [2.24, 2.45) is 0 Å². The van der Waals surface area contributed by atoms with Crippen LogP contribution in [-0.4, -0.2) is 42.7 Å². The van der Waals surface area contributed by atoms with Crippen LogP contribution in [0, 0.1) is 20.8 Å². The maximum absolute atomic E-state index is 11.7. The molecule has 1 amide bonds. The summed E-state index contributed by atoms with van der Waals surface area (Å²) in [6.07, 6.45) is 0.322. The van der Waals surface area contributed by atoms with Gasteiger partial charge in [0.1, 0.15) is 5.75 Å². The highest BCUT2D eigenvalue weighted by atomic mass is 16.5. The van der Waals surface area contributed by atoms with Crippen LogP contribution in [0.4, 0.5) is 0 Å². The number of amides is 1. The van der Waals surface area contributed by atoms with Gasteiger partial charge in [0.2, 0.25) is 5.91 Å². The summed E-state index contributed by atoms with van der Waals surface area (Å²) in [4.78, 5) is 13.2. The fourth-order valence-corrected chi connectivity index (χ4v) is 1.80. The molecule has 1 aromatic carbocycles.